The van der Waals surface area contributed by atoms with E-state index in [0.29, 0.717) is 12.6 Å². The van der Waals surface area contributed by atoms with Crippen molar-refractivity contribution in [3.63, 3.8) is 0 Å². The van der Waals surface area contributed by atoms with Crippen LogP contribution in [0.1, 0.15) is 59.3 Å². The lowest BCUT2D eigenvalue weighted by Gasteiger charge is -2.31. The topological polar surface area (TPSA) is 38.3 Å². The normalized spacial score (nSPS) is 20.7. The molecular weight excluding hydrogens is 202 g/mol. The van der Waals surface area contributed by atoms with Gasteiger partial charge in [0.15, 0.2) is 0 Å². The molecule has 16 heavy (non-hydrogen) atoms. The Morgan fingerprint density at radius 3 is 2.50 bits per heavy atom. The first-order valence-corrected chi connectivity index (χ1v) is 6.57. The lowest BCUT2D eigenvalue weighted by molar-refractivity contribution is -0.151. The maximum absolute atomic E-state index is 12.0. The Balaban J connectivity index is 2.58. The number of hydrogen-bond donors (Lipinski definition) is 1. The second-order valence-corrected chi connectivity index (χ2v) is 4.93. The number of ether oxygens (including phenoxy) is 1. The zero-order chi connectivity index (χ0) is 12.0. The number of hydrogen-bond acceptors (Lipinski definition) is 3. The standard InChI is InChI=1S/C13H25NO2/c1-4-10-13(3,12(15)16-5-2)14-11-8-6-7-9-11/h11,14H,4-10H2,1-3H3. The van der Waals surface area contributed by atoms with Crippen LogP contribution in [0, 0.1) is 0 Å². The molecule has 1 aliphatic rings. The molecule has 0 aromatic rings. The van der Waals surface area contributed by atoms with Gasteiger partial charge in [-0.1, -0.05) is 26.2 Å². The molecule has 1 unspecified atom stereocenters. The van der Waals surface area contributed by atoms with Crippen LogP contribution in [0.5, 0.6) is 0 Å². The van der Waals surface area contributed by atoms with Crippen LogP contribution in [0.25, 0.3) is 0 Å². The Hall–Kier alpha value is -0.570. The lowest BCUT2D eigenvalue weighted by atomic mass is 9.94. The molecule has 1 rings (SSSR count). The average Bonchev–Trinajstić information content (AvgIpc) is 2.71. The zero-order valence-electron chi connectivity index (χ0n) is 10.8. The summed E-state index contributed by atoms with van der Waals surface area (Å²) in [6.45, 7) is 6.41. The van der Waals surface area contributed by atoms with Crippen molar-refractivity contribution in [1.29, 1.82) is 0 Å². The molecule has 1 saturated carbocycles. The number of esters is 1. The predicted octanol–water partition coefficient (Wildman–Crippen LogP) is 2.64. The second-order valence-electron chi connectivity index (χ2n) is 4.93. The fraction of sp³-hybridized carbons (Fsp3) is 0.923. The van der Waals surface area contributed by atoms with Gasteiger partial charge < -0.3 is 4.74 Å². The first-order valence-electron chi connectivity index (χ1n) is 6.57. The molecule has 0 radical (unpaired) electrons. The first-order chi connectivity index (χ1) is 7.62. The molecule has 0 aromatic heterocycles. The van der Waals surface area contributed by atoms with Crippen molar-refractivity contribution in [1.82, 2.24) is 5.32 Å². The molecule has 94 valence electrons. The highest BCUT2D eigenvalue weighted by Gasteiger charge is 2.36. The number of rotatable bonds is 6. The minimum Gasteiger partial charge on any atom is -0.465 e. The highest BCUT2D eigenvalue weighted by molar-refractivity contribution is 5.80. The fourth-order valence-corrected chi connectivity index (χ4v) is 2.54. The van der Waals surface area contributed by atoms with Gasteiger partial charge >= 0.3 is 5.97 Å². The molecule has 3 nitrogen and oxygen atoms in total. The molecule has 0 amide bonds. The summed E-state index contributed by atoms with van der Waals surface area (Å²) in [6, 6.07) is 0.501. The molecule has 1 aliphatic carbocycles. The predicted molar refractivity (Wildman–Crippen MR) is 65.3 cm³/mol. The van der Waals surface area contributed by atoms with E-state index in [-0.39, 0.29) is 5.97 Å². The first kappa shape index (κ1) is 13.5. The van der Waals surface area contributed by atoms with Gasteiger partial charge in [0, 0.05) is 6.04 Å². The Morgan fingerprint density at radius 2 is 2.00 bits per heavy atom. The van der Waals surface area contributed by atoms with E-state index in [1.807, 2.05) is 13.8 Å². The molecule has 0 bridgehead atoms. The van der Waals surface area contributed by atoms with Crippen molar-refractivity contribution in [3.8, 4) is 0 Å². The summed E-state index contributed by atoms with van der Waals surface area (Å²) >= 11 is 0. The summed E-state index contributed by atoms with van der Waals surface area (Å²) in [7, 11) is 0. The van der Waals surface area contributed by atoms with E-state index >= 15 is 0 Å². The molecule has 0 heterocycles. The van der Waals surface area contributed by atoms with Crippen LogP contribution < -0.4 is 5.32 Å². The van der Waals surface area contributed by atoms with Crippen LogP contribution in [0.3, 0.4) is 0 Å². The van der Waals surface area contributed by atoms with Gasteiger partial charge in [-0.25, -0.2) is 0 Å². The quantitative estimate of drug-likeness (QED) is 0.709. The summed E-state index contributed by atoms with van der Waals surface area (Å²) in [5, 5.41) is 3.50. The molecule has 1 N–H and O–H groups in total. The van der Waals surface area contributed by atoms with Crippen LogP contribution in [0.2, 0.25) is 0 Å². The number of carbonyl (C=O) groups is 1. The minimum absolute atomic E-state index is 0.0937. The van der Waals surface area contributed by atoms with Crippen LogP contribution in [-0.2, 0) is 9.53 Å². The number of nitrogens with one attached hydrogen (secondary N) is 1. The highest BCUT2D eigenvalue weighted by atomic mass is 16.5. The summed E-state index contributed by atoms with van der Waals surface area (Å²) in [5.74, 6) is -0.0937. The zero-order valence-corrected chi connectivity index (χ0v) is 10.8. The molecule has 0 aromatic carbocycles. The van der Waals surface area contributed by atoms with E-state index in [4.69, 9.17) is 4.74 Å². The summed E-state index contributed by atoms with van der Waals surface area (Å²) < 4.78 is 5.17. The summed E-state index contributed by atoms with van der Waals surface area (Å²) in [4.78, 5) is 12.0. The SMILES string of the molecule is CCCC(C)(NC1CCCC1)C(=O)OCC. The monoisotopic (exact) mass is 227 g/mol. The van der Waals surface area contributed by atoms with E-state index in [0.717, 1.165) is 12.8 Å². The molecule has 0 saturated heterocycles. The third kappa shape index (κ3) is 3.48. The molecule has 0 spiro atoms. The van der Waals surface area contributed by atoms with E-state index < -0.39 is 5.54 Å². The number of carbonyl (C=O) groups excluding carboxylic acids is 1. The average molecular weight is 227 g/mol. The van der Waals surface area contributed by atoms with Gasteiger partial charge in [0.1, 0.15) is 5.54 Å². The summed E-state index contributed by atoms with van der Waals surface area (Å²) in [6.07, 6.45) is 6.79. The van der Waals surface area contributed by atoms with Crippen LogP contribution in [0.4, 0.5) is 0 Å². The fourth-order valence-electron chi connectivity index (χ4n) is 2.54. The van der Waals surface area contributed by atoms with Gasteiger partial charge in [0.05, 0.1) is 6.61 Å². The van der Waals surface area contributed by atoms with Gasteiger partial charge in [0.2, 0.25) is 0 Å². The second kappa shape index (κ2) is 6.24. The largest absolute Gasteiger partial charge is 0.465 e. The van der Waals surface area contributed by atoms with Gasteiger partial charge in [-0.2, -0.15) is 0 Å². The molecule has 3 heteroatoms. The smallest absolute Gasteiger partial charge is 0.326 e. The van der Waals surface area contributed by atoms with Crippen molar-refractivity contribution in [3.05, 3.63) is 0 Å². The van der Waals surface area contributed by atoms with Gasteiger partial charge in [-0.3, -0.25) is 10.1 Å². The Morgan fingerprint density at radius 1 is 1.38 bits per heavy atom. The van der Waals surface area contributed by atoms with Crippen molar-refractivity contribution < 1.29 is 9.53 Å². The van der Waals surface area contributed by atoms with E-state index in [2.05, 4.69) is 12.2 Å². The van der Waals surface area contributed by atoms with E-state index in [1.165, 1.54) is 25.7 Å². The third-order valence-corrected chi connectivity index (χ3v) is 3.35. The van der Waals surface area contributed by atoms with Crippen molar-refractivity contribution >= 4 is 5.97 Å². The van der Waals surface area contributed by atoms with Gasteiger partial charge in [0.25, 0.3) is 0 Å². The van der Waals surface area contributed by atoms with Crippen LogP contribution >= 0.6 is 0 Å². The Labute approximate surface area is 98.9 Å². The van der Waals surface area contributed by atoms with Crippen molar-refractivity contribution in [2.24, 2.45) is 0 Å². The lowest BCUT2D eigenvalue weighted by Crippen LogP contribution is -2.53. The molecule has 1 fully saturated rings. The van der Waals surface area contributed by atoms with E-state index in [1.54, 1.807) is 0 Å². The third-order valence-electron chi connectivity index (χ3n) is 3.35. The molecular formula is C13H25NO2. The van der Waals surface area contributed by atoms with Crippen LogP contribution in [-0.4, -0.2) is 24.2 Å². The minimum atomic E-state index is -0.486. The highest BCUT2D eigenvalue weighted by Crippen LogP contribution is 2.23. The Bertz CT molecular complexity index is 224. The van der Waals surface area contributed by atoms with Crippen LogP contribution in [0.15, 0.2) is 0 Å². The summed E-state index contributed by atoms with van der Waals surface area (Å²) in [5.41, 5.74) is -0.486. The van der Waals surface area contributed by atoms with E-state index in [9.17, 15) is 4.79 Å². The van der Waals surface area contributed by atoms with Crippen molar-refractivity contribution in [2.75, 3.05) is 6.61 Å². The maximum atomic E-state index is 12.0. The van der Waals surface area contributed by atoms with Gasteiger partial charge in [-0.05, 0) is 33.1 Å². The molecule has 0 aliphatic heterocycles. The van der Waals surface area contributed by atoms with Crippen molar-refractivity contribution in [2.45, 2.75) is 70.9 Å². The Kier molecular flexibility index (Phi) is 5.26. The maximum Gasteiger partial charge on any atom is 0.326 e. The molecule has 1 atom stereocenters. The van der Waals surface area contributed by atoms with Gasteiger partial charge in [-0.15, -0.1) is 0 Å².